The lowest BCUT2D eigenvalue weighted by molar-refractivity contribution is -0.384. The summed E-state index contributed by atoms with van der Waals surface area (Å²) >= 11 is 0. The van der Waals surface area contributed by atoms with Crippen molar-refractivity contribution in [1.29, 1.82) is 5.26 Å². The van der Waals surface area contributed by atoms with Crippen molar-refractivity contribution in [2.24, 2.45) is 0 Å². The summed E-state index contributed by atoms with van der Waals surface area (Å²) in [4.78, 5) is 34.9. The summed E-state index contributed by atoms with van der Waals surface area (Å²) in [5.74, 6) is -0.664. The van der Waals surface area contributed by atoms with Crippen molar-refractivity contribution >= 4 is 29.3 Å². The zero-order chi connectivity index (χ0) is 23.1. The number of nitro groups is 1. The molecule has 0 unspecified atom stereocenters. The highest BCUT2D eigenvalue weighted by atomic mass is 16.6. The minimum atomic E-state index is -0.725. The Morgan fingerprint density at radius 1 is 1.16 bits per heavy atom. The Labute approximate surface area is 182 Å². The van der Waals surface area contributed by atoms with Crippen LogP contribution < -0.4 is 5.32 Å². The molecule has 0 atom stereocenters. The Morgan fingerprint density at radius 2 is 1.88 bits per heavy atom. The van der Waals surface area contributed by atoms with E-state index >= 15 is 0 Å². The van der Waals surface area contributed by atoms with Gasteiger partial charge < -0.3 is 14.5 Å². The predicted molar refractivity (Wildman–Crippen MR) is 115 cm³/mol. The number of furan rings is 1. The van der Waals surface area contributed by atoms with Gasteiger partial charge in [-0.1, -0.05) is 12.1 Å². The van der Waals surface area contributed by atoms with Crippen molar-refractivity contribution in [2.45, 2.75) is 6.92 Å². The van der Waals surface area contributed by atoms with E-state index in [-0.39, 0.29) is 34.9 Å². The highest BCUT2D eigenvalue weighted by Gasteiger charge is 2.17. The van der Waals surface area contributed by atoms with Crippen LogP contribution in [0.15, 0.2) is 70.7 Å². The molecule has 0 aliphatic rings. The first kappa shape index (κ1) is 22.0. The van der Waals surface area contributed by atoms with Crippen LogP contribution in [0.5, 0.6) is 0 Å². The Balaban J connectivity index is 1.80. The van der Waals surface area contributed by atoms with Gasteiger partial charge in [-0.25, -0.2) is 4.79 Å². The Bertz CT molecular complexity index is 1240. The van der Waals surface area contributed by atoms with Gasteiger partial charge in [0.1, 0.15) is 23.2 Å². The second-order valence-corrected chi connectivity index (χ2v) is 6.40. The van der Waals surface area contributed by atoms with Gasteiger partial charge in [0.15, 0.2) is 0 Å². The van der Waals surface area contributed by atoms with Crippen LogP contribution in [0.25, 0.3) is 17.4 Å². The van der Waals surface area contributed by atoms with Gasteiger partial charge in [-0.05, 0) is 43.3 Å². The normalized spacial score (nSPS) is 10.8. The molecule has 0 aliphatic heterocycles. The van der Waals surface area contributed by atoms with Gasteiger partial charge in [-0.3, -0.25) is 14.9 Å². The lowest BCUT2D eigenvalue weighted by atomic mass is 10.1. The number of nitro benzene ring substituents is 1. The zero-order valence-corrected chi connectivity index (χ0v) is 16.9. The molecule has 1 amide bonds. The summed E-state index contributed by atoms with van der Waals surface area (Å²) in [5.41, 5.74) is 0.684. The Hall–Kier alpha value is -4.71. The van der Waals surface area contributed by atoms with Gasteiger partial charge in [0, 0.05) is 23.8 Å². The minimum absolute atomic E-state index is 0.0491. The van der Waals surface area contributed by atoms with Crippen LogP contribution in [-0.4, -0.2) is 23.4 Å². The van der Waals surface area contributed by atoms with Crippen molar-refractivity contribution in [3.63, 3.8) is 0 Å². The first-order valence-electron chi connectivity index (χ1n) is 9.47. The molecule has 9 heteroatoms. The Kier molecular flexibility index (Phi) is 6.78. The van der Waals surface area contributed by atoms with E-state index in [0.717, 1.165) is 0 Å². The van der Waals surface area contributed by atoms with Crippen molar-refractivity contribution in [3.05, 3.63) is 87.7 Å². The van der Waals surface area contributed by atoms with Gasteiger partial charge in [0.25, 0.3) is 11.6 Å². The van der Waals surface area contributed by atoms with E-state index in [2.05, 4.69) is 5.32 Å². The summed E-state index contributed by atoms with van der Waals surface area (Å²) in [5, 5.41) is 22.7. The summed E-state index contributed by atoms with van der Waals surface area (Å²) in [6, 6.07) is 17.1. The fourth-order valence-corrected chi connectivity index (χ4v) is 2.79. The van der Waals surface area contributed by atoms with Gasteiger partial charge in [-0.2, -0.15) is 5.26 Å². The predicted octanol–water partition coefficient (Wildman–Crippen LogP) is 4.58. The molecule has 2 aromatic carbocycles. The first-order chi connectivity index (χ1) is 15.4. The highest BCUT2D eigenvalue weighted by Crippen LogP contribution is 2.26. The lowest BCUT2D eigenvalue weighted by Gasteiger charge is -2.09. The largest absolute Gasteiger partial charge is 0.462 e. The second-order valence-electron chi connectivity index (χ2n) is 6.40. The van der Waals surface area contributed by atoms with E-state index in [1.165, 1.54) is 42.5 Å². The number of rotatable bonds is 7. The number of nitrogens with one attached hydrogen (secondary N) is 1. The van der Waals surface area contributed by atoms with E-state index in [4.69, 9.17) is 9.15 Å². The maximum atomic E-state index is 12.6. The Morgan fingerprint density at radius 3 is 2.53 bits per heavy atom. The monoisotopic (exact) mass is 431 g/mol. The molecule has 0 spiro atoms. The SMILES string of the molecule is CCOC(=O)c1ccccc1NC(=O)/C(C#N)=C\c1ccc(-c2ccc([N+](=O)[O-])cc2)o1. The fraction of sp³-hybridized carbons (Fsp3) is 0.0870. The molecule has 1 aromatic heterocycles. The number of nitrogens with zero attached hydrogens (tertiary/aromatic N) is 2. The summed E-state index contributed by atoms with van der Waals surface area (Å²) < 4.78 is 10.6. The maximum Gasteiger partial charge on any atom is 0.340 e. The van der Waals surface area contributed by atoms with Gasteiger partial charge >= 0.3 is 5.97 Å². The third-order valence-electron chi connectivity index (χ3n) is 4.31. The number of amides is 1. The number of esters is 1. The molecule has 32 heavy (non-hydrogen) atoms. The van der Waals surface area contributed by atoms with Crippen molar-refractivity contribution in [2.75, 3.05) is 11.9 Å². The van der Waals surface area contributed by atoms with Crippen LogP contribution in [-0.2, 0) is 9.53 Å². The molecule has 3 rings (SSSR count). The molecule has 0 aliphatic carbocycles. The molecule has 1 heterocycles. The van der Waals surface area contributed by atoms with E-state index in [1.807, 2.05) is 6.07 Å². The average molecular weight is 431 g/mol. The molecule has 160 valence electrons. The first-order valence-corrected chi connectivity index (χ1v) is 9.47. The van der Waals surface area contributed by atoms with Gasteiger partial charge in [0.05, 0.1) is 22.8 Å². The molecular formula is C23H17N3O6. The molecule has 3 aromatic rings. The van der Waals surface area contributed by atoms with E-state index in [0.29, 0.717) is 11.3 Å². The van der Waals surface area contributed by atoms with Crippen LogP contribution in [0.2, 0.25) is 0 Å². The summed E-state index contributed by atoms with van der Waals surface area (Å²) in [6.07, 6.45) is 1.26. The minimum Gasteiger partial charge on any atom is -0.462 e. The fourth-order valence-electron chi connectivity index (χ4n) is 2.79. The molecule has 0 bridgehead atoms. The number of carbonyl (C=O) groups is 2. The number of ether oxygens (including phenoxy) is 1. The quantitative estimate of drug-likeness (QED) is 0.190. The molecule has 1 N–H and O–H groups in total. The molecule has 0 fully saturated rings. The van der Waals surface area contributed by atoms with Gasteiger partial charge in [0.2, 0.25) is 0 Å². The maximum absolute atomic E-state index is 12.6. The van der Waals surface area contributed by atoms with Crippen LogP contribution in [0, 0.1) is 21.4 Å². The molecule has 9 nitrogen and oxygen atoms in total. The van der Waals surface area contributed by atoms with Crippen LogP contribution in [0.1, 0.15) is 23.0 Å². The van der Waals surface area contributed by atoms with Crippen LogP contribution in [0.4, 0.5) is 11.4 Å². The highest BCUT2D eigenvalue weighted by molar-refractivity contribution is 6.11. The van der Waals surface area contributed by atoms with Crippen LogP contribution in [0.3, 0.4) is 0 Å². The molecular weight excluding hydrogens is 414 g/mol. The van der Waals surface area contributed by atoms with E-state index in [1.54, 1.807) is 31.2 Å². The third kappa shape index (κ3) is 5.06. The van der Waals surface area contributed by atoms with E-state index in [9.17, 15) is 25.0 Å². The van der Waals surface area contributed by atoms with Crippen LogP contribution >= 0.6 is 0 Å². The molecule has 0 saturated heterocycles. The number of para-hydroxylation sites is 1. The van der Waals surface area contributed by atoms with Gasteiger partial charge in [-0.15, -0.1) is 0 Å². The summed E-state index contributed by atoms with van der Waals surface area (Å²) in [6.45, 7) is 1.85. The topological polar surface area (TPSA) is 135 Å². The molecule has 0 saturated carbocycles. The van der Waals surface area contributed by atoms with Crippen molar-refractivity contribution < 1.29 is 23.7 Å². The lowest BCUT2D eigenvalue weighted by Crippen LogP contribution is -2.17. The second kappa shape index (κ2) is 9.86. The number of benzene rings is 2. The summed E-state index contributed by atoms with van der Waals surface area (Å²) in [7, 11) is 0. The van der Waals surface area contributed by atoms with E-state index < -0.39 is 16.8 Å². The van der Waals surface area contributed by atoms with Crippen molar-refractivity contribution in [3.8, 4) is 17.4 Å². The average Bonchev–Trinajstić information content (AvgIpc) is 3.26. The number of hydrogen-bond acceptors (Lipinski definition) is 7. The zero-order valence-electron chi connectivity index (χ0n) is 16.9. The number of hydrogen-bond donors (Lipinski definition) is 1. The molecule has 0 radical (unpaired) electrons. The number of non-ortho nitro benzene ring substituents is 1. The number of anilines is 1. The number of carbonyl (C=O) groups excluding carboxylic acids is 2. The third-order valence-corrected chi connectivity index (χ3v) is 4.31. The number of nitriles is 1. The standard InChI is InChI=1S/C23H17N3O6/c1-2-31-23(28)19-5-3-4-6-20(19)25-22(27)16(14-24)13-18-11-12-21(32-18)15-7-9-17(10-8-15)26(29)30/h3-13H,2H2,1H3,(H,25,27)/b16-13-. The smallest absolute Gasteiger partial charge is 0.340 e. The van der Waals surface area contributed by atoms with Crippen molar-refractivity contribution in [1.82, 2.24) is 0 Å².